The number of hydrazone groups is 1. The van der Waals surface area contributed by atoms with Crippen molar-refractivity contribution < 1.29 is 14.3 Å². The summed E-state index contributed by atoms with van der Waals surface area (Å²) in [6.07, 6.45) is 1.39. The predicted octanol–water partition coefficient (Wildman–Crippen LogP) is 2.22. The molecule has 1 amide bonds. The maximum Gasteiger partial charge on any atom is 0.244 e. The van der Waals surface area contributed by atoms with Crippen molar-refractivity contribution in [2.24, 2.45) is 5.10 Å². The van der Waals surface area contributed by atoms with Gasteiger partial charge in [0.25, 0.3) is 0 Å². The van der Waals surface area contributed by atoms with E-state index in [0.29, 0.717) is 5.56 Å². The van der Waals surface area contributed by atoms with E-state index in [2.05, 4.69) is 10.5 Å². The van der Waals surface area contributed by atoms with Gasteiger partial charge in [0.1, 0.15) is 11.6 Å². The van der Waals surface area contributed by atoms with Gasteiger partial charge in [-0.2, -0.15) is 5.10 Å². The number of rotatable bonds is 4. The lowest BCUT2D eigenvalue weighted by Crippen LogP contribution is -2.19. The highest BCUT2D eigenvalue weighted by molar-refractivity contribution is 5.83. The Hall–Kier alpha value is -2.69. The lowest BCUT2D eigenvalue weighted by Gasteiger charge is -2.01. The van der Waals surface area contributed by atoms with Gasteiger partial charge in [-0.15, -0.1) is 0 Å². The van der Waals surface area contributed by atoms with Gasteiger partial charge in [0, 0.05) is 5.56 Å². The summed E-state index contributed by atoms with van der Waals surface area (Å²) < 4.78 is 13.3. The Morgan fingerprint density at radius 2 is 1.90 bits per heavy atom. The van der Waals surface area contributed by atoms with Crippen LogP contribution in [0.4, 0.5) is 4.39 Å². The van der Waals surface area contributed by atoms with E-state index in [4.69, 9.17) is 5.11 Å². The highest BCUT2D eigenvalue weighted by Crippen LogP contribution is 2.09. The number of carbonyl (C=O) groups excluding carboxylic acids is 1. The van der Waals surface area contributed by atoms with Crippen molar-refractivity contribution >= 4 is 12.1 Å². The minimum Gasteiger partial charge on any atom is -0.508 e. The molecule has 102 valence electrons. The summed E-state index contributed by atoms with van der Waals surface area (Å²) in [5, 5.41) is 12.8. The molecule has 0 heterocycles. The van der Waals surface area contributed by atoms with Gasteiger partial charge in [-0.25, -0.2) is 9.82 Å². The van der Waals surface area contributed by atoms with Crippen molar-refractivity contribution in [1.82, 2.24) is 5.43 Å². The highest BCUT2D eigenvalue weighted by atomic mass is 19.1. The molecule has 0 aliphatic rings. The van der Waals surface area contributed by atoms with E-state index < -0.39 is 5.82 Å². The predicted molar refractivity (Wildman–Crippen MR) is 73.9 cm³/mol. The van der Waals surface area contributed by atoms with E-state index in [1.54, 1.807) is 30.3 Å². The van der Waals surface area contributed by atoms with Crippen molar-refractivity contribution in [2.75, 3.05) is 0 Å². The summed E-state index contributed by atoms with van der Waals surface area (Å²) in [4.78, 5) is 11.6. The Kier molecular flexibility index (Phi) is 4.44. The normalized spacial score (nSPS) is 10.7. The Balaban J connectivity index is 1.89. The first-order chi connectivity index (χ1) is 9.65. The van der Waals surface area contributed by atoms with Gasteiger partial charge in [0.15, 0.2) is 0 Å². The molecule has 0 fully saturated rings. The van der Waals surface area contributed by atoms with E-state index in [9.17, 15) is 9.18 Å². The molecule has 0 aliphatic heterocycles. The lowest BCUT2D eigenvalue weighted by atomic mass is 10.1. The zero-order valence-corrected chi connectivity index (χ0v) is 10.6. The first-order valence-electron chi connectivity index (χ1n) is 5.99. The Bertz CT molecular complexity index is 624. The van der Waals surface area contributed by atoms with Crippen molar-refractivity contribution in [3.05, 3.63) is 65.5 Å². The van der Waals surface area contributed by atoms with Crippen LogP contribution in [0.5, 0.6) is 5.75 Å². The van der Waals surface area contributed by atoms with Crippen LogP contribution in [0.25, 0.3) is 0 Å². The standard InChI is InChI=1S/C15H13FN2O2/c16-14-4-2-1-3-12(14)10-17-18-15(20)9-11-5-7-13(19)8-6-11/h1-8,10,19H,9H2,(H,18,20)/b17-10-. The van der Waals surface area contributed by atoms with E-state index in [0.717, 1.165) is 5.56 Å². The fourth-order valence-corrected chi connectivity index (χ4v) is 1.59. The van der Waals surface area contributed by atoms with Crippen molar-refractivity contribution in [2.45, 2.75) is 6.42 Å². The second-order valence-electron chi connectivity index (χ2n) is 4.16. The smallest absolute Gasteiger partial charge is 0.244 e. The molecule has 0 bridgehead atoms. The zero-order valence-electron chi connectivity index (χ0n) is 10.6. The molecule has 0 aromatic heterocycles. The van der Waals surface area contributed by atoms with Crippen LogP contribution in [0, 0.1) is 5.82 Å². The first kappa shape index (κ1) is 13.7. The number of nitrogens with one attached hydrogen (secondary N) is 1. The Labute approximate surface area is 115 Å². The average Bonchev–Trinajstić information content (AvgIpc) is 2.43. The number of phenols is 1. The molecule has 0 aliphatic carbocycles. The highest BCUT2D eigenvalue weighted by Gasteiger charge is 2.02. The van der Waals surface area contributed by atoms with E-state index in [1.807, 2.05) is 0 Å². The van der Waals surface area contributed by atoms with Crippen molar-refractivity contribution in [1.29, 1.82) is 0 Å². The van der Waals surface area contributed by atoms with Crippen LogP contribution in [-0.4, -0.2) is 17.2 Å². The molecule has 2 aromatic carbocycles. The number of hydrogen-bond donors (Lipinski definition) is 2. The second-order valence-corrected chi connectivity index (χ2v) is 4.16. The topological polar surface area (TPSA) is 61.7 Å². The van der Waals surface area contributed by atoms with Crippen LogP contribution in [0.15, 0.2) is 53.6 Å². The summed E-state index contributed by atoms with van der Waals surface area (Å²) in [6.45, 7) is 0. The molecular formula is C15H13FN2O2. The summed E-state index contributed by atoms with van der Waals surface area (Å²) in [6, 6.07) is 12.4. The quantitative estimate of drug-likeness (QED) is 0.662. The lowest BCUT2D eigenvalue weighted by molar-refractivity contribution is -0.120. The number of halogens is 1. The second kappa shape index (κ2) is 6.47. The maximum atomic E-state index is 13.3. The average molecular weight is 272 g/mol. The van der Waals surface area contributed by atoms with Gasteiger partial charge in [-0.3, -0.25) is 4.79 Å². The summed E-state index contributed by atoms with van der Waals surface area (Å²) in [5.74, 6) is -0.570. The molecule has 0 radical (unpaired) electrons. The molecule has 0 atom stereocenters. The van der Waals surface area contributed by atoms with Crippen LogP contribution in [-0.2, 0) is 11.2 Å². The van der Waals surface area contributed by atoms with Crippen LogP contribution < -0.4 is 5.43 Å². The molecule has 4 nitrogen and oxygen atoms in total. The van der Waals surface area contributed by atoms with Gasteiger partial charge in [0.05, 0.1) is 12.6 Å². The zero-order chi connectivity index (χ0) is 14.4. The van der Waals surface area contributed by atoms with Crippen LogP contribution >= 0.6 is 0 Å². The molecule has 2 aromatic rings. The van der Waals surface area contributed by atoms with Crippen LogP contribution in [0.1, 0.15) is 11.1 Å². The van der Waals surface area contributed by atoms with E-state index in [1.165, 1.54) is 24.4 Å². The number of hydrogen-bond acceptors (Lipinski definition) is 3. The van der Waals surface area contributed by atoms with Gasteiger partial charge in [0.2, 0.25) is 5.91 Å². The third-order valence-corrected chi connectivity index (χ3v) is 2.60. The molecule has 0 saturated heterocycles. The number of aromatic hydroxyl groups is 1. The summed E-state index contributed by atoms with van der Waals surface area (Å²) in [5.41, 5.74) is 3.38. The molecule has 5 heteroatoms. The summed E-state index contributed by atoms with van der Waals surface area (Å²) in [7, 11) is 0. The molecule has 0 saturated carbocycles. The fourth-order valence-electron chi connectivity index (χ4n) is 1.59. The SMILES string of the molecule is O=C(Cc1ccc(O)cc1)N/N=C\c1ccccc1F. The Morgan fingerprint density at radius 3 is 2.60 bits per heavy atom. The minimum atomic E-state index is -0.399. The molecule has 0 unspecified atom stereocenters. The van der Waals surface area contributed by atoms with E-state index >= 15 is 0 Å². The number of amides is 1. The first-order valence-corrected chi connectivity index (χ1v) is 5.99. The van der Waals surface area contributed by atoms with Gasteiger partial charge in [-0.05, 0) is 23.8 Å². The summed E-state index contributed by atoms with van der Waals surface area (Å²) >= 11 is 0. The van der Waals surface area contributed by atoms with Gasteiger partial charge >= 0.3 is 0 Å². The van der Waals surface area contributed by atoms with Crippen molar-refractivity contribution in [3.8, 4) is 5.75 Å². The third kappa shape index (κ3) is 3.91. The molecule has 20 heavy (non-hydrogen) atoms. The largest absolute Gasteiger partial charge is 0.508 e. The molecule has 2 N–H and O–H groups in total. The third-order valence-electron chi connectivity index (χ3n) is 2.60. The Morgan fingerprint density at radius 1 is 1.20 bits per heavy atom. The fraction of sp³-hybridized carbons (Fsp3) is 0.0667. The van der Waals surface area contributed by atoms with Crippen molar-refractivity contribution in [3.63, 3.8) is 0 Å². The minimum absolute atomic E-state index is 0.134. The van der Waals surface area contributed by atoms with Gasteiger partial charge in [-0.1, -0.05) is 30.3 Å². The van der Waals surface area contributed by atoms with Crippen LogP contribution in [0.3, 0.4) is 0 Å². The number of nitrogens with zero attached hydrogens (tertiary/aromatic N) is 1. The maximum absolute atomic E-state index is 13.3. The molecular weight excluding hydrogens is 259 g/mol. The molecule has 0 spiro atoms. The molecule has 2 rings (SSSR count). The van der Waals surface area contributed by atoms with Gasteiger partial charge < -0.3 is 5.11 Å². The number of benzene rings is 2. The van der Waals surface area contributed by atoms with Crippen LogP contribution in [0.2, 0.25) is 0 Å². The number of phenolic OH excluding ortho intramolecular Hbond substituents is 1. The van der Waals surface area contributed by atoms with E-state index in [-0.39, 0.29) is 18.1 Å². The number of carbonyl (C=O) groups is 1. The monoisotopic (exact) mass is 272 g/mol.